The molecule has 0 N–H and O–H groups in total. The molecule has 0 aliphatic carbocycles. The van der Waals surface area contributed by atoms with E-state index < -0.39 is 5.60 Å². The van der Waals surface area contributed by atoms with Crippen molar-refractivity contribution in [2.75, 3.05) is 20.6 Å². The number of carbonyl (C=O) groups excluding carboxylic acids is 2. The third-order valence-corrected chi connectivity index (χ3v) is 2.91. The topological polar surface area (TPSA) is 49.9 Å². The van der Waals surface area contributed by atoms with Crippen LogP contribution in [-0.4, -0.2) is 54.1 Å². The van der Waals surface area contributed by atoms with E-state index in [0.717, 1.165) is 12.8 Å². The van der Waals surface area contributed by atoms with Crippen LogP contribution in [0.15, 0.2) is 0 Å². The van der Waals surface area contributed by atoms with Crippen molar-refractivity contribution in [3.05, 3.63) is 0 Å². The van der Waals surface area contributed by atoms with E-state index in [1.807, 2.05) is 20.8 Å². The predicted molar refractivity (Wildman–Crippen MR) is 69.3 cm³/mol. The van der Waals surface area contributed by atoms with Gasteiger partial charge in [0, 0.05) is 33.1 Å². The fraction of sp³-hybridized carbons (Fsp3) is 0.846. The van der Waals surface area contributed by atoms with Gasteiger partial charge < -0.3 is 14.5 Å². The van der Waals surface area contributed by atoms with Crippen LogP contribution in [0, 0.1) is 0 Å². The van der Waals surface area contributed by atoms with Crippen molar-refractivity contribution in [3.8, 4) is 0 Å². The summed E-state index contributed by atoms with van der Waals surface area (Å²) >= 11 is 0. The van der Waals surface area contributed by atoms with E-state index in [1.54, 1.807) is 23.9 Å². The molecule has 1 saturated heterocycles. The molecule has 18 heavy (non-hydrogen) atoms. The number of rotatable bonds is 2. The van der Waals surface area contributed by atoms with Crippen molar-refractivity contribution in [2.24, 2.45) is 0 Å². The molecule has 1 rings (SSSR count). The van der Waals surface area contributed by atoms with E-state index in [4.69, 9.17) is 4.74 Å². The summed E-state index contributed by atoms with van der Waals surface area (Å²) in [4.78, 5) is 26.9. The summed E-state index contributed by atoms with van der Waals surface area (Å²) in [6.45, 7) is 6.23. The first kappa shape index (κ1) is 14.8. The maximum atomic E-state index is 12.0. The first-order valence-corrected chi connectivity index (χ1v) is 6.40. The Bertz CT molecular complexity index is 321. The SMILES string of the molecule is CN(C)C(=O)C[C@@H]1CCCN1C(=O)OC(C)(C)C. The molecule has 0 aromatic carbocycles. The molecule has 2 amide bonds. The highest BCUT2D eigenvalue weighted by molar-refractivity contribution is 5.77. The van der Waals surface area contributed by atoms with Gasteiger partial charge in [-0.05, 0) is 33.6 Å². The van der Waals surface area contributed by atoms with Crippen LogP contribution in [0.25, 0.3) is 0 Å². The highest BCUT2D eigenvalue weighted by atomic mass is 16.6. The summed E-state index contributed by atoms with van der Waals surface area (Å²) in [6, 6.07) is -0.0188. The molecule has 0 unspecified atom stereocenters. The summed E-state index contributed by atoms with van der Waals surface area (Å²) in [5, 5.41) is 0. The minimum atomic E-state index is -0.490. The zero-order valence-electron chi connectivity index (χ0n) is 12.0. The number of carbonyl (C=O) groups is 2. The molecule has 104 valence electrons. The van der Waals surface area contributed by atoms with E-state index in [-0.39, 0.29) is 18.0 Å². The van der Waals surface area contributed by atoms with E-state index in [0.29, 0.717) is 13.0 Å². The molecule has 1 heterocycles. The van der Waals surface area contributed by atoms with Gasteiger partial charge in [0.15, 0.2) is 0 Å². The highest BCUT2D eigenvalue weighted by Crippen LogP contribution is 2.23. The molecule has 0 aromatic rings. The Balaban J connectivity index is 2.59. The second kappa shape index (κ2) is 5.59. The zero-order valence-corrected chi connectivity index (χ0v) is 12.0. The maximum absolute atomic E-state index is 12.0. The molecule has 0 bridgehead atoms. The molecule has 0 spiro atoms. The van der Waals surface area contributed by atoms with Gasteiger partial charge in [0.05, 0.1) is 0 Å². The Morgan fingerprint density at radius 3 is 2.44 bits per heavy atom. The third kappa shape index (κ3) is 4.20. The Kier molecular flexibility index (Phi) is 4.59. The Morgan fingerprint density at radius 2 is 1.94 bits per heavy atom. The summed E-state index contributed by atoms with van der Waals surface area (Å²) in [6.07, 6.45) is 1.88. The number of hydrogen-bond donors (Lipinski definition) is 0. The number of ether oxygens (including phenoxy) is 1. The lowest BCUT2D eigenvalue weighted by Gasteiger charge is -2.28. The van der Waals surface area contributed by atoms with Crippen molar-refractivity contribution in [3.63, 3.8) is 0 Å². The van der Waals surface area contributed by atoms with Gasteiger partial charge >= 0.3 is 6.09 Å². The molecular formula is C13H24N2O3. The van der Waals surface area contributed by atoms with E-state index in [2.05, 4.69) is 0 Å². The molecule has 1 aliphatic heterocycles. The lowest BCUT2D eigenvalue weighted by molar-refractivity contribution is -0.129. The fourth-order valence-corrected chi connectivity index (χ4v) is 1.99. The molecule has 1 aliphatic rings. The standard InChI is InChI=1S/C13H24N2O3/c1-13(2,3)18-12(17)15-8-6-7-10(15)9-11(16)14(4)5/h10H,6-9H2,1-5H3/t10-/m0/s1. The minimum absolute atomic E-state index is 0.0188. The lowest BCUT2D eigenvalue weighted by atomic mass is 10.1. The molecule has 0 radical (unpaired) electrons. The van der Waals surface area contributed by atoms with E-state index in [9.17, 15) is 9.59 Å². The van der Waals surface area contributed by atoms with Gasteiger partial charge in [-0.2, -0.15) is 0 Å². The highest BCUT2D eigenvalue weighted by Gasteiger charge is 2.33. The van der Waals surface area contributed by atoms with Crippen LogP contribution in [-0.2, 0) is 9.53 Å². The van der Waals surface area contributed by atoms with Crippen LogP contribution in [0.3, 0.4) is 0 Å². The van der Waals surface area contributed by atoms with E-state index in [1.165, 1.54) is 0 Å². The van der Waals surface area contributed by atoms with Crippen LogP contribution >= 0.6 is 0 Å². The summed E-state index contributed by atoms with van der Waals surface area (Å²) < 4.78 is 5.36. The van der Waals surface area contributed by atoms with Crippen LogP contribution in [0.5, 0.6) is 0 Å². The van der Waals surface area contributed by atoms with Crippen molar-refractivity contribution in [1.29, 1.82) is 0 Å². The minimum Gasteiger partial charge on any atom is -0.444 e. The average molecular weight is 256 g/mol. The first-order valence-electron chi connectivity index (χ1n) is 6.40. The second-order valence-corrected chi connectivity index (χ2v) is 5.96. The van der Waals surface area contributed by atoms with Gasteiger partial charge in [-0.3, -0.25) is 4.79 Å². The molecule has 5 heteroatoms. The Labute approximate surface area is 109 Å². The lowest BCUT2D eigenvalue weighted by Crippen LogP contribution is -2.41. The summed E-state index contributed by atoms with van der Waals surface area (Å²) in [5.74, 6) is 0.0514. The van der Waals surface area contributed by atoms with Crippen molar-refractivity contribution in [2.45, 2.75) is 51.7 Å². The van der Waals surface area contributed by atoms with Crippen molar-refractivity contribution >= 4 is 12.0 Å². The number of nitrogens with zero attached hydrogens (tertiary/aromatic N) is 2. The van der Waals surface area contributed by atoms with Gasteiger partial charge in [0.2, 0.25) is 5.91 Å². The molecular weight excluding hydrogens is 232 g/mol. The monoisotopic (exact) mass is 256 g/mol. The average Bonchev–Trinajstić information content (AvgIpc) is 2.62. The van der Waals surface area contributed by atoms with Gasteiger partial charge in [-0.1, -0.05) is 0 Å². The second-order valence-electron chi connectivity index (χ2n) is 5.96. The van der Waals surface area contributed by atoms with Crippen LogP contribution in [0.1, 0.15) is 40.0 Å². The number of likely N-dealkylation sites (tertiary alicyclic amines) is 1. The number of hydrogen-bond acceptors (Lipinski definition) is 3. The maximum Gasteiger partial charge on any atom is 0.410 e. The molecule has 0 saturated carbocycles. The molecule has 1 atom stereocenters. The smallest absolute Gasteiger partial charge is 0.410 e. The quantitative estimate of drug-likeness (QED) is 0.757. The normalized spacial score (nSPS) is 19.8. The van der Waals surface area contributed by atoms with Crippen LogP contribution in [0.2, 0.25) is 0 Å². The van der Waals surface area contributed by atoms with Crippen molar-refractivity contribution in [1.82, 2.24) is 9.80 Å². The summed E-state index contributed by atoms with van der Waals surface area (Å²) in [5.41, 5.74) is -0.490. The van der Waals surface area contributed by atoms with Crippen molar-refractivity contribution < 1.29 is 14.3 Å². The zero-order chi connectivity index (χ0) is 13.9. The van der Waals surface area contributed by atoms with Gasteiger partial charge in [0.1, 0.15) is 5.60 Å². The van der Waals surface area contributed by atoms with Crippen LogP contribution in [0.4, 0.5) is 4.79 Å². The third-order valence-electron chi connectivity index (χ3n) is 2.91. The molecule has 5 nitrogen and oxygen atoms in total. The fourth-order valence-electron chi connectivity index (χ4n) is 1.99. The van der Waals surface area contributed by atoms with E-state index >= 15 is 0 Å². The predicted octanol–water partition coefficient (Wildman–Crippen LogP) is 1.86. The Hall–Kier alpha value is -1.26. The molecule has 0 aromatic heterocycles. The van der Waals surface area contributed by atoms with Gasteiger partial charge in [-0.25, -0.2) is 4.79 Å². The van der Waals surface area contributed by atoms with Crippen LogP contribution < -0.4 is 0 Å². The first-order chi connectivity index (χ1) is 8.20. The van der Waals surface area contributed by atoms with Gasteiger partial charge in [-0.15, -0.1) is 0 Å². The Morgan fingerprint density at radius 1 is 1.33 bits per heavy atom. The number of amides is 2. The van der Waals surface area contributed by atoms with Gasteiger partial charge in [0.25, 0.3) is 0 Å². The molecule has 1 fully saturated rings. The largest absolute Gasteiger partial charge is 0.444 e. The summed E-state index contributed by atoms with van der Waals surface area (Å²) in [7, 11) is 3.46.